The van der Waals surface area contributed by atoms with Crippen molar-refractivity contribution in [2.24, 2.45) is 10.7 Å². The van der Waals surface area contributed by atoms with Gasteiger partial charge in [0, 0.05) is 23.6 Å². The molecule has 0 spiro atoms. The van der Waals surface area contributed by atoms with E-state index < -0.39 is 0 Å². The summed E-state index contributed by atoms with van der Waals surface area (Å²) in [5.74, 6) is 0.777. The quantitative estimate of drug-likeness (QED) is 0.311. The molecule has 0 radical (unpaired) electrons. The second kappa shape index (κ2) is 8.70. The van der Waals surface area contributed by atoms with Gasteiger partial charge in [-0.1, -0.05) is 12.1 Å². The van der Waals surface area contributed by atoms with Gasteiger partial charge in [-0.2, -0.15) is 0 Å². The number of aromatic amines is 1. The molecule has 7 heteroatoms. The molecule has 0 atom stereocenters. The van der Waals surface area contributed by atoms with Crippen molar-refractivity contribution in [3.8, 4) is 5.75 Å². The van der Waals surface area contributed by atoms with Crippen LogP contribution in [0.15, 0.2) is 53.7 Å². The van der Waals surface area contributed by atoms with Gasteiger partial charge in [0.15, 0.2) is 5.96 Å². The molecule has 0 amide bonds. The van der Waals surface area contributed by atoms with E-state index in [1.165, 1.54) is 12.1 Å². The third-order valence-electron chi connectivity index (χ3n) is 3.76. The van der Waals surface area contributed by atoms with E-state index in [4.69, 9.17) is 10.5 Å². The van der Waals surface area contributed by atoms with Crippen LogP contribution in [0, 0.1) is 5.82 Å². The van der Waals surface area contributed by atoms with E-state index >= 15 is 0 Å². The van der Waals surface area contributed by atoms with Crippen LogP contribution < -0.4 is 15.8 Å². The Hall–Kier alpha value is -2.29. The monoisotopic (exact) mass is 454 g/mol. The number of hydrogen-bond donors (Lipinski definition) is 3. The normalized spacial score (nSPS) is 11.2. The lowest BCUT2D eigenvalue weighted by molar-refractivity contribution is 0.417. The van der Waals surface area contributed by atoms with Crippen molar-refractivity contribution in [3.05, 3.63) is 60.0 Å². The second-order valence-corrected chi connectivity index (χ2v) is 5.35. The summed E-state index contributed by atoms with van der Waals surface area (Å²) in [7, 11) is 1.60. The number of nitrogens with zero attached hydrogens (tertiary/aromatic N) is 1. The third-order valence-corrected chi connectivity index (χ3v) is 3.76. The van der Waals surface area contributed by atoms with Crippen molar-refractivity contribution in [3.63, 3.8) is 0 Å². The number of benzene rings is 2. The molecule has 1 aromatic heterocycles. The summed E-state index contributed by atoms with van der Waals surface area (Å²) in [6.07, 6.45) is 2.59. The van der Waals surface area contributed by atoms with E-state index in [0.717, 1.165) is 22.2 Å². The lowest BCUT2D eigenvalue weighted by Gasteiger charge is -2.10. The molecule has 132 valence electrons. The Balaban J connectivity index is 0.00000225. The summed E-state index contributed by atoms with van der Waals surface area (Å²) in [6.45, 7) is 0.526. The number of methoxy groups -OCH3 is 1. The highest BCUT2D eigenvalue weighted by Gasteiger charge is 2.05. The molecule has 0 saturated carbocycles. The van der Waals surface area contributed by atoms with Gasteiger partial charge in [0.25, 0.3) is 0 Å². The van der Waals surface area contributed by atoms with E-state index in [1.54, 1.807) is 13.2 Å². The zero-order chi connectivity index (χ0) is 16.9. The van der Waals surface area contributed by atoms with Gasteiger partial charge in [0.05, 0.1) is 12.8 Å². The van der Waals surface area contributed by atoms with Crippen LogP contribution in [0.3, 0.4) is 0 Å². The lowest BCUT2D eigenvalue weighted by Crippen LogP contribution is -2.23. The predicted molar refractivity (Wildman–Crippen MR) is 110 cm³/mol. The number of guanidine groups is 1. The number of nitrogens with two attached hydrogens (primary N) is 1. The smallest absolute Gasteiger partial charge is 0.193 e. The minimum Gasteiger partial charge on any atom is -0.495 e. The Bertz CT molecular complexity index is 878. The minimum absolute atomic E-state index is 0. The number of anilines is 1. The highest BCUT2D eigenvalue weighted by molar-refractivity contribution is 14.0. The Labute approximate surface area is 162 Å². The number of nitrogens with one attached hydrogen (secondary N) is 2. The summed E-state index contributed by atoms with van der Waals surface area (Å²) in [4.78, 5) is 7.40. The number of H-pyrrole nitrogens is 1. The maximum Gasteiger partial charge on any atom is 0.193 e. The van der Waals surface area contributed by atoms with Crippen molar-refractivity contribution in [1.82, 2.24) is 4.98 Å². The topological polar surface area (TPSA) is 75.4 Å². The zero-order valence-electron chi connectivity index (χ0n) is 13.8. The molecule has 25 heavy (non-hydrogen) atoms. The first kappa shape index (κ1) is 19.0. The highest BCUT2D eigenvalue weighted by Crippen LogP contribution is 2.23. The summed E-state index contributed by atoms with van der Waals surface area (Å²) < 4.78 is 18.5. The maximum absolute atomic E-state index is 13.2. The van der Waals surface area contributed by atoms with Gasteiger partial charge < -0.3 is 20.8 Å². The number of para-hydroxylation sites is 2. The first-order chi connectivity index (χ1) is 11.7. The average molecular weight is 454 g/mol. The molecule has 0 aliphatic heterocycles. The number of ether oxygens (including phenoxy) is 1. The molecule has 1 heterocycles. The van der Waals surface area contributed by atoms with Crippen LogP contribution in [0.1, 0.15) is 5.56 Å². The summed E-state index contributed by atoms with van der Waals surface area (Å²) in [5.41, 5.74) is 8.56. The van der Waals surface area contributed by atoms with Gasteiger partial charge in [0.2, 0.25) is 0 Å². The first-order valence-electron chi connectivity index (χ1n) is 7.63. The van der Waals surface area contributed by atoms with Crippen LogP contribution in [0.2, 0.25) is 0 Å². The van der Waals surface area contributed by atoms with E-state index in [0.29, 0.717) is 24.7 Å². The van der Waals surface area contributed by atoms with Crippen LogP contribution in [0.4, 0.5) is 10.1 Å². The van der Waals surface area contributed by atoms with Crippen LogP contribution in [0.5, 0.6) is 5.75 Å². The number of aliphatic imine (C=N–C) groups is 1. The van der Waals surface area contributed by atoms with Gasteiger partial charge >= 0.3 is 0 Å². The number of halogens is 2. The Kier molecular flexibility index (Phi) is 6.63. The molecule has 0 fully saturated rings. The Morgan fingerprint density at radius 1 is 1.28 bits per heavy atom. The van der Waals surface area contributed by atoms with Crippen LogP contribution >= 0.6 is 24.0 Å². The van der Waals surface area contributed by atoms with Gasteiger partial charge in [0.1, 0.15) is 11.6 Å². The fraction of sp³-hybridized carbons (Fsp3) is 0.167. The summed E-state index contributed by atoms with van der Waals surface area (Å²) in [6, 6.07) is 12.2. The van der Waals surface area contributed by atoms with E-state index in [-0.39, 0.29) is 29.8 Å². The molecule has 0 bridgehead atoms. The standard InChI is InChI=1S/C18H19FN4O.HI/c1-24-17-5-3-2-4-15(17)23-18(20)21-9-8-12-11-22-16-10-13(19)6-7-14(12)16;/h2-7,10-11,22H,8-9H2,1H3,(H3,20,21,23);1H. The molecule has 3 aromatic rings. The number of aromatic nitrogens is 1. The van der Waals surface area contributed by atoms with E-state index in [9.17, 15) is 4.39 Å². The van der Waals surface area contributed by atoms with Gasteiger partial charge in [-0.15, -0.1) is 24.0 Å². The second-order valence-electron chi connectivity index (χ2n) is 5.35. The van der Waals surface area contributed by atoms with Crippen LogP contribution in [0.25, 0.3) is 10.9 Å². The van der Waals surface area contributed by atoms with Gasteiger partial charge in [-0.05, 0) is 42.3 Å². The fourth-order valence-electron chi connectivity index (χ4n) is 2.59. The van der Waals surface area contributed by atoms with E-state index in [2.05, 4.69) is 15.3 Å². The molecule has 0 aliphatic rings. The number of hydrogen-bond acceptors (Lipinski definition) is 2. The first-order valence-corrected chi connectivity index (χ1v) is 7.63. The number of fused-ring (bicyclic) bond motifs is 1. The molecule has 4 N–H and O–H groups in total. The molecule has 3 rings (SSSR count). The van der Waals surface area contributed by atoms with Crippen LogP contribution in [-0.4, -0.2) is 24.6 Å². The fourth-order valence-corrected chi connectivity index (χ4v) is 2.59. The Morgan fingerprint density at radius 2 is 2.08 bits per heavy atom. The van der Waals surface area contributed by atoms with Crippen LogP contribution in [-0.2, 0) is 6.42 Å². The van der Waals surface area contributed by atoms with Crippen molar-refractivity contribution in [1.29, 1.82) is 0 Å². The molecule has 2 aromatic carbocycles. The third kappa shape index (κ3) is 4.62. The molecule has 0 saturated heterocycles. The molecule has 0 aliphatic carbocycles. The largest absolute Gasteiger partial charge is 0.495 e. The predicted octanol–water partition coefficient (Wildman–Crippen LogP) is 3.90. The summed E-state index contributed by atoms with van der Waals surface area (Å²) in [5, 5.41) is 4.03. The van der Waals surface area contributed by atoms with Crippen molar-refractivity contribution in [2.45, 2.75) is 6.42 Å². The van der Waals surface area contributed by atoms with Gasteiger partial charge in [-0.25, -0.2) is 4.39 Å². The summed E-state index contributed by atoms with van der Waals surface area (Å²) >= 11 is 0. The molecule has 0 unspecified atom stereocenters. The highest BCUT2D eigenvalue weighted by atomic mass is 127. The number of rotatable bonds is 5. The van der Waals surface area contributed by atoms with Crippen molar-refractivity contribution in [2.75, 3.05) is 19.0 Å². The van der Waals surface area contributed by atoms with E-state index in [1.807, 2.05) is 30.5 Å². The SMILES string of the molecule is COc1ccccc1NC(N)=NCCc1c[nH]c2cc(F)ccc12.I. The molecular formula is C18H20FIN4O. The van der Waals surface area contributed by atoms with Crippen molar-refractivity contribution >= 4 is 46.5 Å². The maximum atomic E-state index is 13.2. The average Bonchev–Trinajstić information content (AvgIpc) is 2.97. The lowest BCUT2D eigenvalue weighted by atomic mass is 10.1. The molecule has 5 nitrogen and oxygen atoms in total. The van der Waals surface area contributed by atoms with Gasteiger partial charge in [-0.3, -0.25) is 4.99 Å². The van der Waals surface area contributed by atoms with Crippen molar-refractivity contribution < 1.29 is 9.13 Å². The zero-order valence-corrected chi connectivity index (χ0v) is 16.1. The molecular weight excluding hydrogens is 434 g/mol. The minimum atomic E-state index is -0.251. The Morgan fingerprint density at radius 3 is 2.88 bits per heavy atom.